The van der Waals surface area contributed by atoms with E-state index in [1.807, 2.05) is 0 Å². The smallest absolute Gasteiger partial charge is 0.0540 e. The summed E-state index contributed by atoms with van der Waals surface area (Å²) >= 11 is 0. The van der Waals surface area contributed by atoms with Gasteiger partial charge in [0.1, 0.15) is 0 Å². The average Bonchev–Trinajstić information content (AvgIpc) is 3.37. The first-order chi connectivity index (χ1) is 31.2. The molecule has 0 aromatic heterocycles. The summed E-state index contributed by atoms with van der Waals surface area (Å²) in [5, 5.41) is 5.01. The summed E-state index contributed by atoms with van der Waals surface area (Å²) in [4.78, 5) is 2.41. The van der Waals surface area contributed by atoms with Gasteiger partial charge in [-0.05, 0) is 119 Å². The van der Waals surface area contributed by atoms with Gasteiger partial charge in [-0.1, -0.05) is 224 Å². The van der Waals surface area contributed by atoms with Crippen molar-refractivity contribution in [1.29, 1.82) is 0 Å². The number of hydrogen-bond acceptors (Lipinski definition) is 1. The van der Waals surface area contributed by atoms with E-state index >= 15 is 0 Å². The second kappa shape index (κ2) is 16.7. The zero-order valence-corrected chi connectivity index (χ0v) is 34.8. The highest BCUT2D eigenvalue weighted by Gasteiger charge is 2.20. The molecule has 0 aliphatic heterocycles. The first-order valence-corrected chi connectivity index (χ1v) is 21.7. The fourth-order valence-corrected chi connectivity index (χ4v) is 9.16. The molecule has 0 atom stereocenters. The molecule has 0 N–H and O–H groups in total. The van der Waals surface area contributed by atoms with Crippen molar-refractivity contribution < 1.29 is 0 Å². The number of anilines is 3. The van der Waals surface area contributed by atoms with Crippen LogP contribution >= 0.6 is 0 Å². The Bertz CT molecular complexity index is 3360. The highest BCUT2D eigenvalue weighted by Crippen LogP contribution is 2.46. The predicted octanol–water partition coefficient (Wildman–Crippen LogP) is 17.5. The molecule has 0 saturated heterocycles. The first-order valence-electron chi connectivity index (χ1n) is 21.7. The van der Waals surface area contributed by atoms with Crippen molar-refractivity contribution in [3.8, 4) is 66.8 Å². The van der Waals surface area contributed by atoms with Crippen molar-refractivity contribution >= 4 is 38.6 Å². The second-order valence-electron chi connectivity index (χ2n) is 16.1. The van der Waals surface area contributed by atoms with Crippen LogP contribution in [0.15, 0.2) is 261 Å². The molecule has 0 amide bonds. The Morgan fingerprint density at radius 3 is 1.30 bits per heavy atom. The Morgan fingerprint density at radius 2 is 0.619 bits per heavy atom. The minimum atomic E-state index is 1.08. The van der Waals surface area contributed by atoms with Gasteiger partial charge in [-0.3, -0.25) is 0 Å². The van der Waals surface area contributed by atoms with Gasteiger partial charge in [0.05, 0.1) is 5.69 Å². The summed E-state index contributed by atoms with van der Waals surface area (Å²) in [6, 6.07) is 94.6. The molecule has 0 radical (unpaired) electrons. The number of fused-ring (bicyclic) bond motifs is 2. The molecule has 0 aliphatic rings. The van der Waals surface area contributed by atoms with Crippen LogP contribution in [0.2, 0.25) is 0 Å². The van der Waals surface area contributed by atoms with Crippen molar-refractivity contribution in [2.45, 2.75) is 0 Å². The lowest BCUT2D eigenvalue weighted by molar-refractivity contribution is 1.28. The summed E-state index contributed by atoms with van der Waals surface area (Å²) in [5.41, 5.74) is 17.6. The van der Waals surface area contributed by atoms with Gasteiger partial charge >= 0.3 is 0 Å². The zero-order valence-electron chi connectivity index (χ0n) is 34.8. The Labute approximate surface area is 369 Å². The lowest BCUT2D eigenvalue weighted by Gasteiger charge is -2.29. The molecule has 0 saturated carbocycles. The van der Waals surface area contributed by atoms with Gasteiger partial charge < -0.3 is 4.90 Å². The van der Waals surface area contributed by atoms with Crippen molar-refractivity contribution in [2.24, 2.45) is 0 Å². The van der Waals surface area contributed by atoms with E-state index in [1.54, 1.807) is 0 Å². The van der Waals surface area contributed by atoms with Crippen LogP contribution in [0.1, 0.15) is 0 Å². The van der Waals surface area contributed by atoms with Crippen molar-refractivity contribution in [3.63, 3.8) is 0 Å². The molecular formula is C62H43N. The van der Waals surface area contributed by atoms with Gasteiger partial charge in [0.15, 0.2) is 0 Å². The summed E-state index contributed by atoms with van der Waals surface area (Å²) in [5.74, 6) is 0. The SMILES string of the molecule is c1ccc(-c2ccccc2-c2ccccc2-c2ccccc2N(c2ccc(-c3ccc(-c4ccc5ccccc5c4)cc3)cc2)c2ccc(-c3cccc4ccccc34)cc2)cc1. The molecule has 11 aromatic rings. The predicted molar refractivity (Wildman–Crippen MR) is 269 cm³/mol. The van der Waals surface area contributed by atoms with Gasteiger partial charge in [-0.15, -0.1) is 0 Å². The quantitative estimate of drug-likeness (QED) is 0.141. The van der Waals surface area contributed by atoms with Crippen LogP contribution in [-0.2, 0) is 0 Å². The number of para-hydroxylation sites is 1. The molecule has 0 unspecified atom stereocenters. The average molecular weight is 802 g/mol. The zero-order chi connectivity index (χ0) is 42.0. The molecule has 296 valence electrons. The van der Waals surface area contributed by atoms with Gasteiger partial charge in [0, 0.05) is 16.9 Å². The van der Waals surface area contributed by atoms with Gasteiger partial charge in [0.2, 0.25) is 0 Å². The number of rotatable bonds is 9. The van der Waals surface area contributed by atoms with Crippen molar-refractivity contribution in [2.75, 3.05) is 4.90 Å². The molecule has 11 aromatic carbocycles. The van der Waals surface area contributed by atoms with E-state index in [1.165, 1.54) is 82.7 Å². The number of benzene rings is 11. The fraction of sp³-hybridized carbons (Fsp3) is 0. The molecule has 0 aliphatic carbocycles. The normalized spacial score (nSPS) is 11.2. The van der Waals surface area contributed by atoms with E-state index in [2.05, 4.69) is 266 Å². The van der Waals surface area contributed by atoms with Crippen LogP contribution in [-0.4, -0.2) is 0 Å². The Balaban J connectivity index is 1.01. The van der Waals surface area contributed by atoms with Crippen LogP contribution in [0.25, 0.3) is 88.3 Å². The van der Waals surface area contributed by atoms with E-state index in [0.29, 0.717) is 0 Å². The summed E-state index contributed by atoms with van der Waals surface area (Å²) in [7, 11) is 0. The number of nitrogens with zero attached hydrogens (tertiary/aromatic N) is 1. The summed E-state index contributed by atoms with van der Waals surface area (Å²) in [6.45, 7) is 0. The van der Waals surface area contributed by atoms with Crippen LogP contribution in [0.3, 0.4) is 0 Å². The third kappa shape index (κ3) is 7.37. The van der Waals surface area contributed by atoms with Crippen LogP contribution in [0.5, 0.6) is 0 Å². The molecule has 0 spiro atoms. The van der Waals surface area contributed by atoms with Crippen LogP contribution < -0.4 is 4.90 Å². The molecule has 0 fully saturated rings. The number of hydrogen-bond donors (Lipinski definition) is 0. The van der Waals surface area contributed by atoms with E-state index in [-0.39, 0.29) is 0 Å². The Kier molecular flexibility index (Phi) is 9.97. The van der Waals surface area contributed by atoms with E-state index in [9.17, 15) is 0 Å². The molecule has 1 heteroatoms. The standard InChI is InChI=1S/C62H43N/c1-2-16-48(17-3-1)57-22-8-9-23-58(57)59-24-10-11-25-60(59)61-26-12-13-28-62(61)63(54-41-37-50(38-42-54)56-27-14-20-49-18-6-7-21-55(49)56)53-39-35-46(36-40-53)45-29-31-47(32-30-45)52-34-33-44-15-4-5-19-51(44)43-52/h1-43H. The third-order valence-electron chi connectivity index (χ3n) is 12.3. The Morgan fingerprint density at radius 1 is 0.206 bits per heavy atom. The maximum Gasteiger partial charge on any atom is 0.0540 e. The largest absolute Gasteiger partial charge is 0.310 e. The lowest BCUT2D eigenvalue weighted by atomic mass is 9.88. The fourth-order valence-electron chi connectivity index (χ4n) is 9.16. The maximum absolute atomic E-state index is 2.41. The van der Waals surface area contributed by atoms with Gasteiger partial charge in [-0.25, -0.2) is 0 Å². The Hall–Kier alpha value is -8.26. The minimum absolute atomic E-state index is 1.08. The third-order valence-corrected chi connectivity index (χ3v) is 12.3. The van der Waals surface area contributed by atoms with Crippen LogP contribution in [0, 0.1) is 0 Å². The lowest BCUT2D eigenvalue weighted by Crippen LogP contribution is -2.11. The minimum Gasteiger partial charge on any atom is -0.310 e. The van der Waals surface area contributed by atoms with Crippen molar-refractivity contribution in [3.05, 3.63) is 261 Å². The first kappa shape index (κ1) is 37.7. The molecular weight excluding hydrogens is 759 g/mol. The highest BCUT2D eigenvalue weighted by molar-refractivity contribution is 5.99. The monoisotopic (exact) mass is 801 g/mol. The molecule has 63 heavy (non-hydrogen) atoms. The summed E-state index contributed by atoms with van der Waals surface area (Å²) in [6.07, 6.45) is 0. The van der Waals surface area contributed by atoms with Gasteiger partial charge in [0.25, 0.3) is 0 Å². The molecule has 0 heterocycles. The van der Waals surface area contributed by atoms with Crippen molar-refractivity contribution in [1.82, 2.24) is 0 Å². The maximum atomic E-state index is 2.41. The molecule has 0 bridgehead atoms. The highest BCUT2D eigenvalue weighted by atomic mass is 15.1. The summed E-state index contributed by atoms with van der Waals surface area (Å²) < 4.78 is 0. The van der Waals surface area contributed by atoms with E-state index in [4.69, 9.17) is 0 Å². The molecule has 1 nitrogen and oxygen atoms in total. The second-order valence-corrected chi connectivity index (χ2v) is 16.1. The van der Waals surface area contributed by atoms with Crippen LogP contribution in [0.4, 0.5) is 17.1 Å². The van der Waals surface area contributed by atoms with E-state index < -0.39 is 0 Å². The van der Waals surface area contributed by atoms with Gasteiger partial charge in [-0.2, -0.15) is 0 Å². The molecule has 11 rings (SSSR count). The van der Waals surface area contributed by atoms with E-state index in [0.717, 1.165) is 22.6 Å². The topological polar surface area (TPSA) is 3.24 Å².